The fraction of sp³-hybridized carbons (Fsp3) is 0.417. The molecule has 0 aliphatic rings. The number of ether oxygens (including phenoxy) is 1. The molecule has 0 saturated carbocycles. The van der Waals surface area contributed by atoms with Crippen molar-refractivity contribution in [3.8, 4) is 0 Å². The molecule has 0 bridgehead atoms. The number of carbonyl (C=O) groups is 1. The van der Waals surface area contributed by atoms with Gasteiger partial charge in [-0.15, -0.1) is 12.6 Å². The highest BCUT2D eigenvalue weighted by atomic mass is 32.1. The van der Waals surface area contributed by atoms with E-state index in [0.717, 1.165) is 0 Å². The Labute approximate surface area is 102 Å². The van der Waals surface area contributed by atoms with Crippen LogP contribution in [-0.4, -0.2) is 25.2 Å². The Morgan fingerprint density at radius 1 is 1.44 bits per heavy atom. The van der Waals surface area contributed by atoms with Gasteiger partial charge < -0.3 is 10.1 Å². The number of methoxy groups -OCH3 is 1. The highest BCUT2D eigenvalue weighted by Crippen LogP contribution is 2.13. The smallest absolute Gasteiger partial charge is 0.252 e. The van der Waals surface area contributed by atoms with Crippen LogP contribution in [0.3, 0.4) is 0 Å². The quantitative estimate of drug-likeness (QED) is 0.790. The van der Waals surface area contributed by atoms with Crippen LogP contribution in [0.1, 0.15) is 24.2 Å². The zero-order valence-electron chi connectivity index (χ0n) is 9.78. The van der Waals surface area contributed by atoms with Crippen LogP contribution < -0.4 is 5.32 Å². The van der Waals surface area contributed by atoms with E-state index >= 15 is 0 Å². The molecule has 88 valence electrons. The number of carbonyl (C=O) groups excluding carboxylic acids is 1. The molecule has 0 saturated heterocycles. The Balaban J connectivity index is 2.64. The van der Waals surface area contributed by atoms with E-state index in [1.165, 1.54) is 0 Å². The van der Waals surface area contributed by atoms with E-state index in [4.69, 9.17) is 4.74 Å². The van der Waals surface area contributed by atoms with Crippen LogP contribution in [0.2, 0.25) is 0 Å². The summed E-state index contributed by atoms with van der Waals surface area (Å²) in [5.41, 5.74) is 0.221. The second kappa shape index (κ2) is 5.37. The van der Waals surface area contributed by atoms with Crippen molar-refractivity contribution in [2.24, 2.45) is 0 Å². The maximum atomic E-state index is 11.8. The third-order valence-corrected chi connectivity index (χ3v) is 2.77. The maximum absolute atomic E-state index is 11.8. The van der Waals surface area contributed by atoms with Crippen LogP contribution in [0.15, 0.2) is 29.2 Å². The number of hydrogen-bond donors (Lipinski definition) is 2. The predicted octanol–water partition coefficient (Wildman–Crippen LogP) is 2.13. The lowest BCUT2D eigenvalue weighted by atomic mass is 10.1. The first-order valence-corrected chi connectivity index (χ1v) is 5.52. The Kier molecular flexibility index (Phi) is 4.38. The molecule has 0 aromatic heterocycles. The van der Waals surface area contributed by atoms with Crippen molar-refractivity contribution in [2.75, 3.05) is 13.7 Å². The lowest BCUT2D eigenvalue weighted by Crippen LogP contribution is -2.39. The highest BCUT2D eigenvalue weighted by molar-refractivity contribution is 7.80. The zero-order valence-corrected chi connectivity index (χ0v) is 10.7. The van der Waals surface area contributed by atoms with Crippen LogP contribution in [0.25, 0.3) is 0 Å². The summed E-state index contributed by atoms with van der Waals surface area (Å²) in [4.78, 5) is 12.5. The summed E-state index contributed by atoms with van der Waals surface area (Å²) in [5.74, 6) is -0.129. The van der Waals surface area contributed by atoms with E-state index in [0.29, 0.717) is 17.0 Å². The summed E-state index contributed by atoms with van der Waals surface area (Å²) in [6, 6.07) is 7.20. The fourth-order valence-corrected chi connectivity index (χ4v) is 1.39. The molecule has 0 radical (unpaired) electrons. The van der Waals surface area contributed by atoms with Gasteiger partial charge in [0.05, 0.1) is 11.2 Å². The van der Waals surface area contributed by atoms with Crippen molar-refractivity contribution in [1.29, 1.82) is 0 Å². The van der Waals surface area contributed by atoms with E-state index in [9.17, 15) is 4.79 Å². The molecule has 16 heavy (non-hydrogen) atoms. The van der Waals surface area contributed by atoms with Crippen molar-refractivity contribution in [1.82, 2.24) is 5.32 Å². The fourth-order valence-electron chi connectivity index (χ4n) is 1.13. The Morgan fingerprint density at radius 3 is 2.62 bits per heavy atom. The van der Waals surface area contributed by atoms with E-state index in [-0.39, 0.29) is 11.5 Å². The summed E-state index contributed by atoms with van der Waals surface area (Å²) in [7, 11) is 1.62. The molecule has 0 unspecified atom stereocenters. The summed E-state index contributed by atoms with van der Waals surface area (Å²) in [6.07, 6.45) is 0. The molecule has 1 aromatic carbocycles. The lowest BCUT2D eigenvalue weighted by Gasteiger charge is -2.23. The van der Waals surface area contributed by atoms with Crippen molar-refractivity contribution >= 4 is 18.5 Å². The third kappa shape index (κ3) is 3.54. The van der Waals surface area contributed by atoms with Gasteiger partial charge in [-0.25, -0.2) is 0 Å². The van der Waals surface area contributed by atoms with Crippen LogP contribution in [0, 0.1) is 0 Å². The molecule has 0 aliphatic carbocycles. The minimum absolute atomic E-state index is 0.129. The molecule has 0 aliphatic heterocycles. The van der Waals surface area contributed by atoms with Gasteiger partial charge in [-0.3, -0.25) is 4.79 Å². The number of hydrogen-bond acceptors (Lipinski definition) is 3. The average molecular weight is 239 g/mol. The van der Waals surface area contributed by atoms with Crippen LogP contribution in [0.4, 0.5) is 0 Å². The first kappa shape index (κ1) is 13.1. The Bertz CT molecular complexity index is 377. The minimum Gasteiger partial charge on any atom is -0.377 e. The summed E-state index contributed by atoms with van der Waals surface area (Å²) >= 11 is 4.23. The molecule has 1 amide bonds. The molecule has 3 nitrogen and oxygen atoms in total. The molecular weight excluding hydrogens is 222 g/mol. The normalized spacial score (nSPS) is 11.2. The highest BCUT2D eigenvalue weighted by Gasteiger charge is 2.18. The van der Waals surface area contributed by atoms with E-state index in [1.54, 1.807) is 19.2 Å². The first-order chi connectivity index (χ1) is 7.46. The Morgan fingerprint density at radius 2 is 2.06 bits per heavy atom. The molecule has 4 heteroatoms. The van der Waals surface area contributed by atoms with Crippen LogP contribution in [-0.2, 0) is 4.74 Å². The van der Waals surface area contributed by atoms with Gasteiger partial charge in [-0.05, 0) is 26.0 Å². The molecule has 0 atom stereocenters. The second-order valence-electron chi connectivity index (χ2n) is 4.16. The first-order valence-electron chi connectivity index (χ1n) is 5.07. The molecule has 0 fully saturated rings. The molecule has 1 N–H and O–H groups in total. The molecule has 1 aromatic rings. The zero-order chi connectivity index (χ0) is 12.2. The maximum Gasteiger partial charge on any atom is 0.252 e. The monoisotopic (exact) mass is 239 g/mol. The summed E-state index contributed by atoms with van der Waals surface area (Å²) in [5, 5.41) is 2.82. The predicted molar refractivity (Wildman–Crippen MR) is 67.1 cm³/mol. The molecular formula is C12H17NO2S. The van der Waals surface area contributed by atoms with E-state index in [2.05, 4.69) is 17.9 Å². The van der Waals surface area contributed by atoms with Crippen molar-refractivity contribution in [3.63, 3.8) is 0 Å². The largest absolute Gasteiger partial charge is 0.377 e. The van der Waals surface area contributed by atoms with Gasteiger partial charge in [0.25, 0.3) is 5.91 Å². The van der Waals surface area contributed by atoms with E-state index < -0.39 is 0 Å². The molecule has 1 rings (SSSR count). The topological polar surface area (TPSA) is 38.3 Å². The number of benzene rings is 1. The van der Waals surface area contributed by atoms with Gasteiger partial charge in [-0.1, -0.05) is 12.1 Å². The van der Waals surface area contributed by atoms with Gasteiger partial charge in [-0.2, -0.15) is 0 Å². The lowest BCUT2D eigenvalue weighted by molar-refractivity contribution is 0.0228. The molecule has 0 heterocycles. The van der Waals surface area contributed by atoms with Crippen molar-refractivity contribution in [3.05, 3.63) is 29.8 Å². The van der Waals surface area contributed by atoms with E-state index in [1.807, 2.05) is 26.0 Å². The standard InChI is InChI=1S/C12H17NO2S/c1-12(2,15-3)8-13-11(14)9-6-4-5-7-10(9)16/h4-7,16H,8H2,1-3H3,(H,13,14). The SMILES string of the molecule is COC(C)(C)CNC(=O)c1ccccc1S. The number of thiol groups is 1. The number of rotatable bonds is 4. The van der Waals surface area contributed by atoms with Gasteiger partial charge >= 0.3 is 0 Å². The summed E-state index contributed by atoms with van der Waals surface area (Å²) in [6.45, 7) is 4.30. The second-order valence-corrected chi connectivity index (χ2v) is 4.65. The van der Waals surface area contributed by atoms with Gasteiger partial charge in [0, 0.05) is 18.6 Å². The van der Waals surface area contributed by atoms with Crippen molar-refractivity contribution in [2.45, 2.75) is 24.3 Å². The van der Waals surface area contributed by atoms with Gasteiger partial charge in [0.15, 0.2) is 0 Å². The Hall–Kier alpha value is -1.00. The number of nitrogens with one attached hydrogen (secondary N) is 1. The molecule has 0 spiro atoms. The number of amides is 1. The summed E-state index contributed by atoms with van der Waals surface area (Å²) < 4.78 is 5.22. The van der Waals surface area contributed by atoms with Crippen LogP contribution in [0.5, 0.6) is 0 Å². The average Bonchev–Trinajstić information content (AvgIpc) is 2.27. The van der Waals surface area contributed by atoms with Gasteiger partial charge in [0.1, 0.15) is 0 Å². The van der Waals surface area contributed by atoms with Crippen LogP contribution >= 0.6 is 12.6 Å². The van der Waals surface area contributed by atoms with Gasteiger partial charge in [0.2, 0.25) is 0 Å². The van der Waals surface area contributed by atoms with Crippen molar-refractivity contribution < 1.29 is 9.53 Å². The third-order valence-electron chi connectivity index (χ3n) is 2.38. The minimum atomic E-state index is -0.360.